The summed E-state index contributed by atoms with van der Waals surface area (Å²) < 4.78 is 0. The maximum atomic E-state index is 13.1. The molecule has 0 bridgehead atoms. The summed E-state index contributed by atoms with van der Waals surface area (Å²) in [5.74, 6) is 1.72. The quantitative estimate of drug-likeness (QED) is 0.173. The van der Waals surface area contributed by atoms with E-state index in [0.29, 0.717) is 30.5 Å². The Morgan fingerprint density at radius 2 is 1.76 bits per heavy atom. The zero-order chi connectivity index (χ0) is 29.6. The fourth-order valence-electron chi connectivity index (χ4n) is 8.89. The Morgan fingerprint density at radius 3 is 2.46 bits per heavy atom. The number of rotatable bonds is 15. The fourth-order valence-corrected chi connectivity index (χ4v) is 8.89. The van der Waals surface area contributed by atoms with E-state index in [2.05, 4.69) is 39.5 Å². The Kier molecular flexibility index (Phi) is 11.6. The molecule has 4 heteroatoms. The summed E-state index contributed by atoms with van der Waals surface area (Å²) in [6, 6.07) is 0. The topological polar surface area (TPSA) is 77.8 Å². The van der Waals surface area contributed by atoms with Gasteiger partial charge in [-0.3, -0.25) is 4.79 Å². The molecular weight excluding hydrogens is 508 g/mol. The molecule has 7 atom stereocenters. The number of Topliss-reactive ketones (excluding diaryl/α,β-unsaturated/α-hetero) is 1. The van der Waals surface area contributed by atoms with Crippen molar-refractivity contribution >= 4 is 5.78 Å². The molecule has 0 unspecified atom stereocenters. The molecule has 3 N–H and O–H groups in total. The third-order valence-electron chi connectivity index (χ3n) is 11.9. The van der Waals surface area contributed by atoms with Crippen LogP contribution in [0.3, 0.4) is 0 Å². The van der Waals surface area contributed by atoms with E-state index >= 15 is 0 Å². The minimum atomic E-state index is -0.649. The van der Waals surface area contributed by atoms with Crippen LogP contribution in [0, 0.1) is 28.6 Å². The van der Waals surface area contributed by atoms with E-state index in [4.69, 9.17) is 0 Å². The molecule has 0 spiro atoms. The molecule has 4 aliphatic carbocycles. The molecule has 0 aliphatic heterocycles. The summed E-state index contributed by atoms with van der Waals surface area (Å²) in [5.41, 5.74) is 3.29. The van der Waals surface area contributed by atoms with Gasteiger partial charge in [0.05, 0.1) is 18.3 Å². The molecule has 0 radical (unpaired) electrons. The van der Waals surface area contributed by atoms with Crippen LogP contribution < -0.4 is 0 Å². The highest BCUT2D eigenvalue weighted by atomic mass is 16.3. The van der Waals surface area contributed by atoms with Crippen LogP contribution in [0.15, 0.2) is 35.5 Å². The molecule has 232 valence electrons. The summed E-state index contributed by atoms with van der Waals surface area (Å²) in [7, 11) is 0. The standard InChI is InChI=1S/C37H60O4/c1-5-6-7-8-9-10-11-14-35(41)37(22-23-37)21-19-33(39)27(3)31-17-18-32-28(13-12-20-36(31,32)4)15-16-29-24-30(38)25-34(40)26(29)2/h15-16,27,30-34,38-40H,2,5-14,17-25H2,1,3-4H3/b28-15+,29-16-/t27-,30+,31+,32-,33-,34-,36+/m0/s1. The Hall–Kier alpha value is -1.23. The number of hydrogen-bond acceptors (Lipinski definition) is 4. The number of ketones is 1. The van der Waals surface area contributed by atoms with Crippen molar-refractivity contribution < 1.29 is 20.1 Å². The smallest absolute Gasteiger partial charge is 0.139 e. The average Bonchev–Trinajstić information content (AvgIpc) is 3.66. The van der Waals surface area contributed by atoms with E-state index in [-0.39, 0.29) is 22.9 Å². The Balaban J connectivity index is 1.29. The molecule has 0 amide bonds. The second-order valence-electron chi connectivity index (χ2n) is 14.7. The van der Waals surface area contributed by atoms with E-state index in [1.807, 2.05) is 0 Å². The van der Waals surface area contributed by atoms with Gasteiger partial charge in [0.25, 0.3) is 0 Å². The lowest BCUT2D eigenvalue weighted by atomic mass is 9.60. The van der Waals surface area contributed by atoms with Crippen LogP contribution in [0.2, 0.25) is 0 Å². The summed E-state index contributed by atoms with van der Waals surface area (Å²) >= 11 is 0. The number of aliphatic hydroxyl groups is 3. The predicted molar refractivity (Wildman–Crippen MR) is 168 cm³/mol. The van der Waals surface area contributed by atoms with Crippen LogP contribution in [-0.4, -0.2) is 39.4 Å². The van der Waals surface area contributed by atoms with Gasteiger partial charge in [-0.1, -0.05) is 83.6 Å². The third-order valence-corrected chi connectivity index (χ3v) is 11.9. The van der Waals surface area contributed by atoms with Crippen molar-refractivity contribution in [3.63, 3.8) is 0 Å². The fraction of sp³-hybridized carbons (Fsp3) is 0.811. The van der Waals surface area contributed by atoms with Gasteiger partial charge >= 0.3 is 0 Å². The van der Waals surface area contributed by atoms with E-state index < -0.39 is 12.2 Å². The molecule has 4 aliphatic rings. The Morgan fingerprint density at radius 1 is 1.05 bits per heavy atom. The van der Waals surface area contributed by atoms with Gasteiger partial charge in [-0.25, -0.2) is 0 Å². The van der Waals surface area contributed by atoms with E-state index in [1.54, 1.807) is 0 Å². The minimum Gasteiger partial charge on any atom is -0.393 e. The van der Waals surface area contributed by atoms with E-state index in [9.17, 15) is 20.1 Å². The van der Waals surface area contributed by atoms with Gasteiger partial charge in [0.2, 0.25) is 0 Å². The first kappa shape index (κ1) is 32.7. The molecule has 4 saturated carbocycles. The second kappa shape index (κ2) is 14.5. The number of aliphatic hydroxyl groups excluding tert-OH is 3. The van der Waals surface area contributed by atoms with Crippen molar-refractivity contribution in [3.05, 3.63) is 35.5 Å². The van der Waals surface area contributed by atoms with Crippen LogP contribution in [0.5, 0.6) is 0 Å². The van der Waals surface area contributed by atoms with Crippen molar-refractivity contribution in [2.45, 2.75) is 161 Å². The van der Waals surface area contributed by atoms with Crippen LogP contribution >= 0.6 is 0 Å². The van der Waals surface area contributed by atoms with Crippen LogP contribution in [-0.2, 0) is 4.79 Å². The van der Waals surface area contributed by atoms with Crippen molar-refractivity contribution in [3.8, 4) is 0 Å². The second-order valence-corrected chi connectivity index (χ2v) is 14.7. The van der Waals surface area contributed by atoms with Crippen molar-refractivity contribution in [1.82, 2.24) is 0 Å². The Bertz CT molecular complexity index is 958. The van der Waals surface area contributed by atoms with Crippen molar-refractivity contribution in [1.29, 1.82) is 0 Å². The van der Waals surface area contributed by atoms with E-state index in [1.165, 1.54) is 63.4 Å². The Labute approximate surface area is 250 Å². The molecule has 41 heavy (non-hydrogen) atoms. The van der Waals surface area contributed by atoms with Gasteiger partial charge in [0.1, 0.15) is 5.78 Å². The first-order valence-corrected chi connectivity index (χ1v) is 17.3. The molecule has 0 aromatic heterocycles. The minimum absolute atomic E-state index is 0.121. The van der Waals surface area contributed by atoms with E-state index in [0.717, 1.165) is 62.5 Å². The average molecular weight is 569 g/mol. The van der Waals surface area contributed by atoms with Crippen LogP contribution in [0.25, 0.3) is 0 Å². The van der Waals surface area contributed by atoms with Gasteiger partial charge in [-0.2, -0.15) is 0 Å². The van der Waals surface area contributed by atoms with Crippen molar-refractivity contribution in [2.75, 3.05) is 0 Å². The molecule has 4 fully saturated rings. The zero-order valence-electron chi connectivity index (χ0n) is 26.5. The molecule has 4 nitrogen and oxygen atoms in total. The largest absolute Gasteiger partial charge is 0.393 e. The summed E-state index contributed by atoms with van der Waals surface area (Å²) in [5, 5.41) is 31.8. The first-order valence-electron chi connectivity index (χ1n) is 17.3. The SMILES string of the molecule is C=C1/C(=C\C=C2/CCC[C@]3(C)[C@@H]([C@H](C)[C@@H](O)CCC4(C(=O)CCCCCCCCC)CC4)CC[C@@H]23)C[C@@H](O)C[C@@H]1O. The number of unbranched alkanes of at least 4 members (excludes halogenated alkanes) is 6. The number of carbonyl (C=O) groups excluding carboxylic acids is 1. The molecule has 4 rings (SSSR count). The highest BCUT2D eigenvalue weighted by molar-refractivity contribution is 5.87. The zero-order valence-corrected chi connectivity index (χ0v) is 26.5. The lowest BCUT2D eigenvalue weighted by molar-refractivity contribution is -0.124. The molecule has 0 saturated heterocycles. The maximum absolute atomic E-state index is 13.1. The molecule has 0 heterocycles. The lowest BCUT2D eigenvalue weighted by Crippen LogP contribution is -2.39. The predicted octanol–water partition coefficient (Wildman–Crippen LogP) is 8.39. The van der Waals surface area contributed by atoms with Crippen molar-refractivity contribution in [2.24, 2.45) is 28.6 Å². The normalized spacial score (nSPS) is 34.5. The molecular formula is C37H60O4. The number of fused-ring (bicyclic) bond motifs is 1. The van der Waals surface area contributed by atoms with Crippen LogP contribution in [0.1, 0.15) is 143 Å². The molecule has 0 aromatic carbocycles. The monoisotopic (exact) mass is 568 g/mol. The summed E-state index contributed by atoms with van der Waals surface area (Å²) in [6.45, 7) is 11.0. The van der Waals surface area contributed by atoms with Gasteiger partial charge < -0.3 is 15.3 Å². The number of carbonyl (C=O) groups is 1. The van der Waals surface area contributed by atoms with Gasteiger partial charge in [0.15, 0.2) is 0 Å². The highest BCUT2D eigenvalue weighted by Gasteiger charge is 2.53. The number of allylic oxidation sites excluding steroid dienone is 3. The first-order chi connectivity index (χ1) is 19.6. The van der Waals surface area contributed by atoms with Gasteiger partial charge in [-0.05, 0) is 105 Å². The van der Waals surface area contributed by atoms with Gasteiger partial charge in [-0.15, -0.1) is 0 Å². The number of hydrogen-bond donors (Lipinski definition) is 3. The lowest BCUT2D eigenvalue weighted by Gasteiger charge is -2.45. The maximum Gasteiger partial charge on any atom is 0.139 e. The van der Waals surface area contributed by atoms with Crippen LogP contribution in [0.4, 0.5) is 0 Å². The summed E-state index contributed by atoms with van der Waals surface area (Å²) in [6.07, 6.45) is 22.7. The summed E-state index contributed by atoms with van der Waals surface area (Å²) in [4.78, 5) is 13.1. The van der Waals surface area contributed by atoms with Gasteiger partial charge in [0, 0.05) is 18.3 Å². The molecule has 0 aromatic rings. The highest BCUT2D eigenvalue weighted by Crippen LogP contribution is 2.60. The third kappa shape index (κ3) is 7.84.